The molecule has 3 rings (SSSR count). The normalized spacial score (nSPS) is 31.1. The van der Waals surface area contributed by atoms with Gasteiger partial charge in [0.05, 0.1) is 25.1 Å². The molecule has 102 valence electrons. The Morgan fingerprint density at radius 2 is 2.21 bits per heavy atom. The molecule has 1 aliphatic rings. The standard InChI is InChI=1S/C12H16N4O3/c1-5-8(16-7(3-17)11(5)18)6-2-13-10-9(6)14-4-15-12(10)19/h2,4-5,7-8,11,13,16-18H,3H2,1H3,(H,14,15,19)/t5-,7+,8+,11-/m0/s1. The number of hydrogen-bond donors (Lipinski definition) is 5. The van der Waals surface area contributed by atoms with Crippen molar-refractivity contribution in [2.75, 3.05) is 6.61 Å². The molecule has 0 amide bonds. The molecule has 2 aromatic heterocycles. The molecule has 3 heterocycles. The van der Waals surface area contributed by atoms with Gasteiger partial charge in [0.25, 0.3) is 5.56 Å². The molecule has 2 aromatic rings. The first-order chi connectivity index (χ1) is 9.13. The van der Waals surface area contributed by atoms with Gasteiger partial charge in [0.2, 0.25) is 0 Å². The minimum atomic E-state index is -0.623. The summed E-state index contributed by atoms with van der Waals surface area (Å²) in [5.74, 6) is -0.0720. The van der Waals surface area contributed by atoms with Crippen LogP contribution in [0.3, 0.4) is 0 Å². The van der Waals surface area contributed by atoms with Gasteiger partial charge in [-0.1, -0.05) is 6.92 Å². The van der Waals surface area contributed by atoms with E-state index in [4.69, 9.17) is 0 Å². The van der Waals surface area contributed by atoms with E-state index in [1.807, 2.05) is 6.92 Å². The first kappa shape index (κ1) is 12.3. The number of fused-ring (bicyclic) bond motifs is 1. The molecule has 0 saturated carbocycles. The first-order valence-electron chi connectivity index (χ1n) is 6.23. The molecule has 4 atom stereocenters. The van der Waals surface area contributed by atoms with E-state index in [1.165, 1.54) is 6.33 Å². The van der Waals surface area contributed by atoms with Crippen molar-refractivity contribution in [3.8, 4) is 0 Å². The van der Waals surface area contributed by atoms with E-state index in [0.29, 0.717) is 11.0 Å². The van der Waals surface area contributed by atoms with Gasteiger partial charge in [-0.3, -0.25) is 4.79 Å². The summed E-state index contributed by atoms with van der Waals surface area (Å²) in [6.45, 7) is 1.78. The first-order valence-corrected chi connectivity index (χ1v) is 6.23. The fraction of sp³-hybridized carbons (Fsp3) is 0.500. The van der Waals surface area contributed by atoms with Crippen molar-refractivity contribution >= 4 is 11.0 Å². The Labute approximate surface area is 108 Å². The maximum atomic E-state index is 11.6. The summed E-state index contributed by atoms with van der Waals surface area (Å²) >= 11 is 0. The zero-order chi connectivity index (χ0) is 13.6. The number of aliphatic hydroxyl groups excluding tert-OH is 2. The molecular weight excluding hydrogens is 248 g/mol. The minimum absolute atomic E-state index is 0.0720. The highest BCUT2D eigenvalue weighted by Crippen LogP contribution is 2.34. The van der Waals surface area contributed by atoms with E-state index in [0.717, 1.165) is 5.56 Å². The zero-order valence-electron chi connectivity index (χ0n) is 10.4. The summed E-state index contributed by atoms with van der Waals surface area (Å²) in [7, 11) is 0. The summed E-state index contributed by atoms with van der Waals surface area (Å²) in [6.07, 6.45) is 2.47. The van der Waals surface area contributed by atoms with E-state index in [9.17, 15) is 15.0 Å². The molecule has 0 bridgehead atoms. The summed E-state index contributed by atoms with van der Waals surface area (Å²) in [4.78, 5) is 21.2. The second kappa shape index (κ2) is 4.44. The van der Waals surface area contributed by atoms with Crippen LogP contribution in [-0.4, -0.2) is 43.9 Å². The quantitative estimate of drug-likeness (QED) is 0.490. The third-order valence-electron chi connectivity index (χ3n) is 3.90. The van der Waals surface area contributed by atoms with Crippen LogP contribution in [0.25, 0.3) is 11.0 Å². The number of nitrogens with one attached hydrogen (secondary N) is 3. The fourth-order valence-corrected chi connectivity index (χ4v) is 2.79. The number of aliphatic hydroxyl groups is 2. The van der Waals surface area contributed by atoms with Gasteiger partial charge in [-0.2, -0.15) is 0 Å². The maximum Gasteiger partial charge on any atom is 0.275 e. The van der Waals surface area contributed by atoms with Crippen molar-refractivity contribution in [3.63, 3.8) is 0 Å². The third-order valence-corrected chi connectivity index (χ3v) is 3.90. The zero-order valence-corrected chi connectivity index (χ0v) is 10.4. The Hall–Kier alpha value is -1.70. The van der Waals surface area contributed by atoms with Crippen molar-refractivity contribution in [1.29, 1.82) is 0 Å². The van der Waals surface area contributed by atoms with Gasteiger partial charge in [-0.25, -0.2) is 4.98 Å². The van der Waals surface area contributed by atoms with Crippen molar-refractivity contribution in [1.82, 2.24) is 20.3 Å². The Bertz CT molecular complexity index is 650. The van der Waals surface area contributed by atoms with Crippen molar-refractivity contribution in [2.45, 2.75) is 25.1 Å². The van der Waals surface area contributed by atoms with Crippen LogP contribution in [-0.2, 0) is 0 Å². The van der Waals surface area contributed by atoms with Crippen LogP contribution < -0.4 is 10.9 Å². The molecule has 5 N–H and O–H groups in total. The lowest BCUT2D eigenvalue weighted by Gasteiger charge is -2.15. The lowest BCUT2D eigenvalue weighted by atomic mass is 9.94. The van der Waals surface area contributed by atoms with Crippen molar-refractivity contribution < 1.29 is 10.2 Å². The van der Waals surface area contributed by atoms with Gasteiger partial charge >= 0.3 is 0 Å². The van der Waals surface area contributed by atoms with Crippen LogP contribution in [0.5, 0.6) is 0 Å². The summed E-state index contributed by atoms with van der Waals surface area (Å²) in [5.41, 5.74) is 1.64. The molecule has 0 spiro atoms. The second-order valence-electron chi connectivity index (χ2n) is 4.98. The van der Waals surface area contributed by atoms with Crippen molar-refractivity contribution in [3.05, 3.63) is 28.4 Å². The molecular formula is C12H16N4O3. The number of hydrogen-bond acceptors (Lipinski definition) is 5. The summed E-state index contributed by atoms with van der Waals surface area (Å²) < 4.78 is 0. The Balaban J connectivity index is 2.06. The number of aromatic nitrogens is 3. The van der Waals surface area contributed by atoms with Crippen LogP contribution in [0.1, 0.15) is 18.5 Å². The molecule has 0 aromatic carbocycles. The van der Waals surface area contributed by atoms with Crippen LogP contribution in [0.4, 0.5) is 0 Å². The second-order valence-corrected chi connectivity index (χ2v) is 4.98. The molecule has 0 unspecified atom stereocenters. The Morgan fingerprint density at radius 3 is 2.89 bits per heavy atom. The number of rotatable bonds is 2. The highest BCUT2D eigenvalue weighted by Gasteiger charge is 2.40. The molecule has 1 saturated heterocycles. The number of aromatic amines is 2. The van der Waals surface area contributed by atoms with Gasteiger partial charge in [-0.15, -0.1) is 0 Å². The fourth-order valence-electron chi connectivity index (χ4n) is 2.79. The van der Waals surface area contributed by atoms with E-state index in [2.05, 4.69) is 20.3 Å². The van der Waals surface area contributed by atoms with Gasteiger partial charge in [0, 0.05) is 23.7 Å². The van der Waals surface area contributed by atoms with Gasteiger partial charge < -0.3 is 25.5 Å². The maximum absolute atomic E-state index is 11.6. The average molecular weight is 264 g/mol. The minimum Gasteiger partial charge on any atom is -0.395 e. The lowest BCUT2D eigenvalue weighted by molar-refractivity contribution is 0.0933. The predicted octanol–water partition coefficient (Wildman–Crippen LogP) is -0.747. The smallest absolute Gasteiger partial charge is 0.275 e. The van der Waals surface area contributed by atoms with Gasteiger partial charge in [0.1, 0.15) is 11.0 Å². The Morgan fingerprint density at radius 1 is 1.42 bits per heavy atom. The third kappa shape index (κ3) is 1.78. The van der Waals surface area contributed by atoms with E-state index >= 15 is 0 Å². The van der Waals surface area contributed by atoms with Crippen LogP contribution in [0.2, 0.25) is 0 Å². The predicted molar refractivity (Wildman–Crippen MR) is 68.6 cm³/mol. The van der Waals surface area contributed by atoms with Crippen LogP contribution >= 0.6 is 0 Å². The molecule has 19 heavy (non-hydrogen) atoms. The summed E-state index contributed by atoms with van der Waals surface area (Å²) in [6, 6.07) is -0.498. The molecule has 7 nitrogen and oxygen atoms in total. The van der Waals surface area contributed by atoms with E-state index < -0.39 is 6.10 Å². The largest absolute Gasteiger partial charge is 0.395 e. The highest BCUT2D eigenvalue weighted by molar-refractivity contribution is 5.78. The molecule has 7 heteroatoms. The molecule has 0 radical (unpaired) electrons. The Kier molecular flexibility index (Phi) is 2.89. The average Bonchev–Trinajstić information content (AvgIpc) is 2.94. The molecule has 1 aliphatic heterocycles. The van der Waals surface area contributed by atoms with Crippen molar-refractivity contribution in [2.24, 2.45) is 5.92 Å². The molecule has 1 fully saturated rings. The summed E-state index contributed by atoms with van der Waals surface area (Å²) in [5, 5.41) is 22.4. The van der Waals surface area contributed by atoms with Gasteiger partial charge in [-0.05, 0) is 0 Å². The highest BCUT2D eigenvalue weighted by atomic mass is 16.3. The van der Waals surface area contributed by atoms with Crippen LogP contribution in [0, 0.1) is 5.92 Å². The van der Waals surface area contributed by atoms with E-state index in [-0.39, 0.29) is 30.2 Å². The topological polar surface area (TPSA) is 114 Å². The number of H-pyrrole nitrogens is 2. The van der Waals surface area contributed by atoms with E-state index in [1.54, 1.807) is 6.20 Å². The monoisotopic (exact) mass is 264 g/mol. The lowest BCUT2D eigenvalue weighted by Crippen LogP contribution is -2.34. The van der Waals surface area contributed by atoms with Gasteiger partial charge in [0.15, 0.2) is 0 Å². The molecule has 0 aliphatic carbocycles. The number of nitrogens with zero attached hydrogens (tertiary/aromatic N) is 1. The SMILES string of the molecule is C[C@@H]1[C@H](O)[C@@H](CO)N[C@H]1c1c[nH]c2c(=O)[nH]cnc12. The van der Waals surface area contributed by atoms with Crippen LogP contribution in [0.15, 0.2) is 17.3 Å².